The molecule has 0 saturated heterocycles. The Bertz CT molecular complexity index is 663. The Kier molecular flexibility index (Phi) is 3.68. The number of nitriles is 1. The Balaban J connectivity index is 2.25. The van der Waals surface area contributed by atoms with E-state index < -0.39 is 4.92 Å². The van der Waals surface area contributed by atoms with Crippen LogP contribution in [0.4, 0.5) is 5.69 Å². The number of benzene rings is 2. The van der Waals surface area contributed by atoms with Crippen LogP contribution in [0, 0.1) is 21.4 Å². The molecule has 0 aliphatic carbocycles. The molecule has 19 heavy (non-hydrogen) atoms. The average Bonchev–Trinajstić information content (AvgIpc) is 2.41. The van der Waals surface area contributed by atoms with Crippen molar-refractivity contribution in [3.63, 3.8) is 0 Å². The van der Waals surface area contributed by atoms with E-state index in [1.807, 2.05) is 6.07 Å². The fourth-order valence-electron chi connectivity index (χ4n) is 1.45. The molecule has 2 rings (SSSR count). The van der Waals surface area contributed by atoms with Crippen molar-refractivity contribution in [2.24, 2.45) is 0 Å². The lowest BCUT2D eigenvalue weighted by Crippen LogP contribution is -1.88. The maximum Gasteiger partial charge on any atom is 0.311 e. The second kappa shape index (κ2) is 5.42. The summed E-state index contributed by atoms with van der Waals surface area (Å²) in [7, 11) is 0. The van der Waals surface area contributed by atoms with Gasteiger partial charge in [-0.05, 0) is 36.4 Å². The van der Waals surface area contributed by atoms with Crippen LogP contribution in [0.25, 0.3) is 0 Å². The smallest absolute Gasteiger partial charge is 0.311 e. The predicted molar refractivity (Wildman–Crippen MR) is 70.0 cm³/mol. The molecule has 0 heterocycles. The van der Waals surface area contributed by atoms with Gasteiger partial charge in [0.15, 0.2) is 5.75 Å². The summed E-state index contributed by atoms with van der Waals surface area (Å²) in [5.41, 5.74) is 0.236. The molecule has 0 amide bonds. The third kappa shape index (κ3) is 3.03. The van der Waals surface area contributed by atoms with Crippen molar-refractivity contribution in [3.05, 3.63) is 58.1 Å². The van der Waals surface area contributed by atoms with Crippen molar-refractivity contribution in [2.75, 3.05) is 0 Å². The largest absolute Gasteiger partial charge is 0.502 e. The Morgan fingerprint density at radius 2 is 1.79 bits per heavy atom. The maximum absolute atomic E-state index is 10.7. The molecule has 6 heteroatoms. The number of nitro groups is 1. The van der Waals surface area contributed by atoms with Gasteiger partial charge in [0.1, 0.15) is 0 Å². The number of phenols is 1. The molecule has 0 spiro atoms. The highest BCUT2D eigenvalue weighted by atomic mass is 32.2. The summed E-state index contributed by atoms with van der Waals surface area (Å²) in [6.45, 7) is 0. The number of phenolic OH excluding ortho intramolecular Hbond substituents is 1. The van der Waals surface area contributed by atoms with Crippen LogP contribution in [0.2, 0.25) is 0 Å². The van der Waals surface area contributed by atoms with Crippen LogP contribution in [-0.4, -0.2) is 10.0 Å². The Morgan fingerprint density at radius 3 is 2.37 bits per heavy atom. The number of hydrogen-bond acceptors (Lipinski definition) is 5. The molecular weight excluding hydrogens is 264 g/mol. The van der Waals surface area contributed by atoms with Crippen LogP contribution >= 0.6 is 11.8 Å². The monoisotopic (exact) mass is 272 g/mol. The molecule has 1 N–H and O–H groups in total. The van der Waals surface area contributed by atoms with E-state index in [2.05, 4.69) is 0 Å². The van der Waals surface area contributed by atoms with Gasteiger partial charge in [0.2, 0.25) is 0 Å². The van der Waals surface area contributed by atoms with E-state index in [0.29, 0.717) is 10.5 Å². The van der Waals surface area contributed by atoms with Crippen LogP contribution < -0.4 is 0 Å². The van der Waals surface area contributed by atoms with Gasteiger partial charge in [-0.2, -0.15) is 5.26 Å². The van der Waals surface area contributed by atoms with E-state index in [1.165, 1.54) is 23.9 Å². The Hall–Kier alpha value is -2.52. The van der Waals surface area contributed by atoms with E-state index in [4.69, 9.17) is 5.26 Å². The first-order chi connectivity index (χ1) is 9.10. The van der Waals surface area contributed by atoms with Crippen LogP contribution in [0.15, 0.2) is 52.3 Å². The van der Waals surface area contributed by atoms with Crippen LogP contribution in [0.3, 0.4) is 0 Å². The predicted octanol–water partition coefficient (Wildman–Crippen LogP) is 3.32. The number of nitrogens with zero attached hydrogens (tertiary/aromatic N) is 2. The first-order valence-electron chi connectivity index (χ1n) is 5.25. The van der Waals surface area contributed by atoms with E-state index >= 15 is 0 Å². The zero-order valence-electron chi connectivity index (χ0n) is 9.61. The van der Waals surface area contributed by atoms with Crippen molar-refractivity contribution in [3.8, 4) is 11.8 Å². The summed E-state index contributed by atoms with van der Waals surface area (Å²) in [5.74, 6) is -0.353. The van der Waals surface area contributed by atoms with Gasteiger partial charge in [0.25, 0.3) is 0 Å². The summed E-state index contributed by atoms with van der Waals surface area (Å²) in [4.78, 5) is 11.6. The summed E-state index contributed by atoms with van der Waals surface area (Å²) >= 11 is 1.32. The number of aromatic hydroxyl groups is 1. The van der Waals surface area contributed by atoms with E-state index in [1.54, 1.807) is 30.3 Å². The summed E-state index contributed by atoms with van der Waals surface area (Å²) < 4.78 is 0. The van der Waals surface area contributed by atoms with Crippen LogP contribution in [0.1, 0.15) is 5.56 Å². The molecule has 0 fully saturated rings. The second-order valence-electron chi connectivity index (χ2n) is 3.65. The van der Waals surface area contributed by atoms with Crippen LogP contribution in [-0.2, 0) is 0 Å². The molecule has 0 saturated carbocycles. The summed E-state index contributed by atoms with van der Waals surface area (Å²) in [6, 6.07) is 13.1. The Morgan fingerprint density at radius 1 is 1.16 bits per heavy atom. The lowest BCUT2D eigenvalue weighted by atomic mass is 10.2. The Labute approximate surface area is 113 Å². The van der Waals surface area contributed by atoms with Gasteiger partial charge in [0, 0.05) is 15.9 Å². The molecule has 0 unspecified atom stereocenters. The highest BCUT2D eigenvalue weighted by Gasteiger charge is 2.13. The standard InChI is InChI=1S/C13H8N2O3S/c14-8-9-1-3-10(4-2-9)19-11-5-6-13(16)12(7-11)15(17)18/h1-7,16H. The molecule has 94 valence electrons. The molecule has 0 aromatic heterocycles. The normalized spacial score (nSPS) is 9.84. The van der Waals surface area contributed by atoms with Crippen LogP contribution in [0.5, 0.6) is 5.75 Å². The SMILES string of the molecule is N#Cc1ccc(Sc2ccc(O)c([N+](=O)[O-])c2)cc1. The zero-order chi connectivity index (χ0) is 13.8. The fraction of sp³-hybridized carbons (Fsp3) is 0. The molecule has 2 aromatic carbocycles. The van der Waals surface area contributed by atoms with Crippen molar-refractivity contribution in [1.82, 2.24) is 0 Å². The van der Waals surface area contributed by atoms with Gasteiger partial charge in [-0.3, -0.25) is 10.1 Å². The number of hydrogen-bond donors (Lipinski definition) is 1. The molecule has 0 aliphatic heterocycles. The first kappa shape index (κ1) is 12.9. The topological polar surface area (TPSA) is 87.2 Å². The molecule has 0 aliphatic rings. The van der Waals surface area contributed by atoms with Gasteiger partial charge in [-0.15, -0.1) is 0 Å². The highest BCUT2D eigenvalue weighted by molar-refractivity contribution is 7.99. The lowest BCUT2D eigenvalue weighted by Gasteiger charge is -2.02. The molecule has 0 bridgehead atoms. The van der Waals surface area contributed by atoms with Crippen molar-refractivity contribution >= 4 is 17.4 Å². The molecular formula is C13H8N2O3S. The van der Waals surface area contributed by atoms with Crippen molar-refractivity contribution < 1.29 is 10.0 Å². The van der Waals surface area contributed by atoms with E-state index in [9.17, 15) is 15.2 Å². The number of nitro benzene ring substituents is 1. The molecule has 2 aromatic rings. The van der Waals surface area contributed by atoms with Crippen molar-refractivity contribution in [1.29, 1.82) is 5.26 Å². The third-order valence-corrected chi connectivity index (χ3v) is 3.36. The summed E-state index contributed by atoms with van der Waals surface area (Å²) in [6.07, 6.45) is 0. The molecule has 0 radical (unpaired) electrons. The molecule has 0 atom stereocenters. The van der Waals surface area contributed by atoms with E-state index in [-0.39, 0.29) is 11.4 Å². The highest BCUT2D eigenvalue weighted by Crippen LogP contribution is 2.34. The number of rotatable bonds is 3. The minimum atomic E-state index is -0.627. The van der Waals surface area contributed by atoms with Gasteiger partial charge < -0.3 is 5.11 Å². The van der Waals surface area contributed by atoms with E-state index in [0.717, 1.165) is 4.90 Å². The fourth-order valence-corrected chi connectivity index (χ4v) is 2.30. The van der Waals surface area contributed by atoms with Gasteiger partial charge in [0.05, 0.1) is 16.6 Å². The minimum Gasteiger partial charge on any atom is -0.502 e. The third-order valence-electron chi connectivity index (χ3n) is 2.36. The quantitative estimate of drug-likeness (QED) is 0.684. The summed E-state index contributed by atoms with van der Waals surface area (Å²) in [5, 5.41) is 28.7. The zero-order valence-corrected chi connectivity index (χ0v) is 10.4. The minimum absolute atomic E-state index is 0.321. The van der Waals surface area contributed by atoms with Gasteiger partial charge in [-0.25, -0.2) is 0 Å². The maximum atomic E-state index is 10.7. The van der Waals surface area contributed by atoms with Crippen molar-refractivity contribution in [2.45, 2.75) is 9.79 Å². The van der Waals surface area contributed by atoms with Gasteiger partial charge >= 0.3 is 5.69 Å². The molecule has 5 nitrogen and oxygen atoms in total. The van der Waals surface area contributed by atoms with Gasteiger partial charge in [-0.1, -0.05) is 11.8 Å². The average molecular weight is 272 g/mol. The second-order valence-corrected chi connectivity index (χ2v) is 4.79. The first-order valence-corrected chi connectivity index (χ1v) is 6.07. The lowest BCUT2D eigenvalue weighted by molar-refractivity contribution is -0.386.